The van der Waals surface area contributed by atoms with Gasteiger partial charge in [-0.05, 0) is 12.1 Å². The smallest absolute Gasteiger partial charge is 0.201 e. The van der Waals surface area contributed by atoms with Gasteiger partial charge in [0.1, 0.15) is 0 Å². The first-order valence-corrected chi connectivity index (χ1v) is 4.14. The van der Waals surface area contributed by atoms with Crippen LogP contribution in [0.3, 0.4) is 0 Å². The number of nitrogens with zero attached hydrogens (tertiary/aromatic N) is 2. The van der Waals surface area contributed by atoms with Gasteiger partial charge in [-0.3, -0.25) is 0 Å². The topological polar surface area (TPSA) is 64.1 Å². The molecule has 4 heteroatoms. The molecule has 4 nitrogen and oxygen atoms in total. The van der Waals surface area contributed by atoms with Crippen molar-refractivity contribution in [2.45, 2.75) is 6.54 Å². The van der Waals surface area contributed by atoms with Crippen LogP contribution in [0, 0.1) is 0 Å². The lowest BCUT2D eigenvalue weighted by atomic mass is 10.3. The van der Waals surface area contributed by atoms with E-state index in [9.17, 15) is 0 Å². The molecule has 0 bridgehead atoms. The number of hydrogen-bond donors (Lipinski definition) is 2. The van der Waals surface area contributed by atoms with E-state index in [1.165, 1.54) is 0 Å². The molecule has 3 N–H and O–H groups in total. The number of benzene rings is 1. The summed E-state index contributed by atoms with van der Waals surface area (Å²) in [5, 5.41) is 8.82. The Morgan fingerprint density at radius 3 is 2.92 bits per heavy atom. The summed E-state index contributed by atoms with van der Waals surface area (Å²) in [7, 11) is 0. The monoisotopic (exact) mass is 177 g/mol. The first-order valence-electron chi connectivity index (χ1n) is 4.14. The van der Waals surface area contributed by atoms with Crippen LogP contribution in [0.5, 0.6) is 0 Å². The Morgan fingerprint density at radius 1 is 1.38 bits per heavy atom. The summed E-state index contributed by atoms with van der Waals surface area (Å²) < 4.78 is 1.80. The van der Waals surface area contributed by atoms with Crippen LogP contribution in [0.1, 0.15) is 0 Å². The number of imidazole rings is 1. The van der Waals surface area contributed by atoms with E-state index in [4.69, 9.17) is 10.8 Å². The van der Waals surface area contributed by atoms with Crippen molar-refractivity contribution >= 4 is 17.0 Å². The number of para-hydroxylation sites is 2. The predicted molar refractivity (Wildman–Crippen MR) is 51.2 cm³/mol. The fourth-order valence-electron chi connectivity index (χ4n) is 1.43. The number of nitrogen functional groups attached to an aromatic ring is 1. The van der Waals surface area contributed by atoms with Gasteiger partial charge in [0.25, 0.3) is 0 Å². The zero-order valence-corrected chi connectivity index (χ0v) is 7.14. The maximum absolute atomic E-state index is 8.82. The van der Waals surface area contributed by atoms with Crippen LogP contribution < -0.4 is 5.73 Å². The fourth-order valence-corrected chi connectivity index (χ4v) is 1.43. The third-order valence-corrected chi connectivity index (χ3v) is 2.01. The van der Waals surface area contributed by atoms with Crippen molar-refractivity contribution in [3.8, 4) is 0 Å². The molecule has 1 heterocycles. The zero-order chi connectivity index (χ0) is 9.26. The highest BCUT2D eigenvalue weighted by atomic mass is 16.3. The highest BCUT2D eigenvalue weighted by molar-refractivity contribution is 5.78. The van der Waals surface area contributed by atoms with E-state index in [0.717, 1.165) is 11.0 Å². The maximum atomic E-state index is 8.82. The van der Waals surface area contributed by atoms with E-state index in [-0.39, 0.29) is 6.61 Å². The van der Waals surface area contributed by atoms with Crippen LogP contribution in [0.25, 0.3) is 11.0 Å². The third-order valence-electron chi connectivity index (χ3n) is 2.01. The number of anilines is 1. The molecule has 0 atom stereocenters. The normalized spacial score (nSPS) is 10.8. The van der Waals surface area contributed by atoms with Crippen LogP contribution >= 0.6 is 0 Å². The first kappa shape index (κ1) is 8.07. The molecule has 1 aromatic carbocycles. The average Bonchev–Trinajstić information content (AvgIpc) is 2.44. The SMILES string of the molecule is Nc1nc2ccccc2n1CCO. The zero-order valence-electron chi connectivity index (χ0n) is 7.14. The van der Waals surface area contributed by atoms with E-state index >= 15 is 0 Å². The molecule has 68 valence electrons. The Hall–Kier alpha value is -1.55. The molecule has 13 heavy (non-hydrogen) atoms. The second kappa shape index (κ2) is 3.06. The summed E-state index contributed by atoms with van der Waals surface area (Å²) >= 11 is 0. The number of hydrogen-bond acceptors (Lipinski definition) is 3. The molecule has 2 rings (SSSR count). The van der Waals surface area contributed by atoms with Gasteiger partial charge in [-0.25, -0.2) is 4.98 Å². The number of aromatic nitrogens is 2. The average molecular weight is 177 g/mol. The van der Waals surface area contributed by atoms with Crippen molar-refractivity contribution in [1.29, 1.82) is 0 Å². The van der Waals surface area contributed by atoms with Crippen molar-refractivity contribution in [2.24, 2.45) is 0 Å². The summed E-state index contributed by atoms with van der Waals surface area (Å²) in [5.41, 5.74) is 7.52. The summed E-state index contributed by atoms with van der Waals surface area (Å²) in [6.45, 7) is 0.566. The molecule has 0 aliphatic heterocycles. The van der Waals surface area contributed by atoms with Crippen molar-refractivity contribution < 1.29 is 5.11 Å². The first-order chi connectivity index (χ1) is 6.33. The molecule has 1 aromatic heterocycles. The van der Waals surface area contributed by atoms with Crippen LogP contribution in [0.2, 0.25) is 0 Å². The Morgan fingerprint density at radius 2 is 2.15 bits per heavy atom. The minimum Gasteiger partial charge on any atom is -0.395 e. The van der Waals surface area contributed by atoms with Gasteiger partial charge in [0.15, 0.2) is 0 Å². The highest BCUT2D eigenvalue weighted by Crippen LogP contribution is 2.16. The molecule has 0 spiro atoms. The standard InChI is InChI=1S/C9H11N3O/c10-9-11-7-3-1-2-4-8(7)12(9)5-6-13/h1-4,13H,5-6H2,(H2,10,11). The molecule has 0 saturated carbocycles. The number of aliphatic hydroxyl groups excluding tert-OH is 1. The van der Waals surface area contributed by atoms with Crippen LogP contribution in [-0.2, 0) is 6.54 Å². The Bertz CT molecular complexity index is 422. The lowest BCUT2D eigenvalue weighted by Crippen LogP contribution is -2.05. The predicted octanol–water partition coefficient (Wildman–Crippen LogP) is 0.611. The van der Waals surface area contributed by atoms with Gasteiger partial charge in [-0.15, -0.1) is 0 Å². The fraction of sp³-hybridized carbons (Fsp3) is 0.222. The number of aliphatic hydroxyl groups is 1. The quantitative estimate of drug-likeness (QED) is 0.706. The molecule has 0 saturated heterocycles. The highest BCUT2D eigenvalue weighted by Gasteiger charge is 2.05. The second-order valence-corrected chi connectivity index (χ2v) is 2.83. The van der Waals surface area contributed by atoms with Gasteiger partial charge < -0.3 is 15.4 Å². The van der Waals surface area contributed by atoms with E-state index in [2.05, 4.69) is 4.98 Å². The maximum Gasteiger partial charge on any atom is 0.201 e. The Kier molecular flexibility index (Phi) is 1.90. The van der Waals surface area contributed by atoms with Gasteiger partial charge in [0, 0.05) is 6.54 Å². The molecule has 0 fully saturated rings. The molecule has 0 radical (unpaired) electrons. The molecule has 2 aromatic rings. The minimum absolute atomic E-state index is 0.0740. The third kappa shape index (κ3) is 1.25. The molecule has 0 aliphatic rings. The van der Waals surface area contributed by atoms with Gasteiger partial charge in [0.2, 0.25) is 5.95 Å². The summed E-state index contributed by atoms with van der Waals surface area (Å²) in [5.74, 6) is 0.454. The number of nitrogens with two attached hydrogens (primary N) is 1. The Balaban J connectivity index is 2.64. The van der Waals surface area contributed by atoms with E-state index in [1.807, 2.05) is 24.3 Å². The van der Waals surface area contributed by atoms with Gasteiger partial charge >= 0.3 is 0 Å². The number of rotatable bonds is 2. The lowest BCUT2D eigenvalue weighted by molar-refractivity contribution is 0.278. The lowest BCUT2D eigenvalue weighted by Gasteiger charge is -2.02. The van der Waals surface area contributed by atoms with Gasteiger partial charge in [-0.1, -0.05) is 12.1 Å². The van der Waals surface area contributed by atoms with E-state index < -0.39 is 0 Å². The molecular formula is C9H11N3O. The molecular weight excluding hydrogens is 166 g/mol. The summed E-state index contributed by atoms with van der Waals surface area (Å²) in [4.78, 5) is 4.16. The van der Waals surface area contributed by atoms with Crippen LogP contribution in [-0.4, -0.2) is 21.3 Å². The van der Waals surface area contributed by atoms with Crippen molar-refractivity contribution in [3.05, 3.63) is 24.3 Å². The molecule has 0 aliphatic carbocycles. The van der Waals surface area contributed by atoms with Gasteiger partial charge in [0.05, 0.1) is 17.6 Å². The van der Waals surface area contributed by atoms with Crippen molar-refractivity contribution in [1.82, 2.24) is 9.55 Å². The summed E-state index contributed by atoms with van der Waals surface area (Å²) in [6.07, 6.45) is 0. The Labute approximate surface area is 75.6 Å². The number of fused-ring (bicyclic) bond motifs is 1. The molecule has 0 unspecified atom stereocenters. The van der Waals surface area contributed by atoms with Crippen molar-refractivity contribution in [3.63, 3.8) is 0 Å². The summed E-state index contributed by atoms with van der Waals surface area (Å²) in [6, 6.07) is 7.68. The van der Waals surface area contributed by atoms with E-state index in [1.54, 1.807) is 4.57 Å². The van der Waals surface area contributed by atoms with Crippen LogP contribution in [0.15, 0.2) is 24.3 Å². The minimum atomic E-state index is 0.0740. The van der Waals surface area contributed by atoms with Crippen molar-refractivity contribution in [2.75, 3.05) is 12.3 Å². The van der Waals surface area contributed by atoms with Gasteiger partial charge in [-0.2, -0.15) is 0 Å². The van der Waals surface area contributed by atoms with E-state index in [0.29, 0.717) is 12.5 Å². The largest absolute Gasteiger partial charge is 0.395 e. The second-order valence-electron chi connectivity index (χ2n) is 2.83. The molecule has 0 amide bonds. The van der Waals surface area contributed by atoms with Crippen LogP contribution in [0.4, 0.5) is 5.95 Å².